The molecule has 1 heterocycles. The van der Waals surface area contributed by atoms with E-state index in [-0.39, 0.29) is 24.5 Å². The van der Waals surface area contributed by atoms with Crippen LogP contribution in [0.25, 0.3) is 0 Å². The molecule has 2 fully saturated rings. The highest BCUT2D eigenvalue weighted by Gasteiger charge is 2.36. The van der Waals surface area contributed by atoms with Crippen molar-refractivity contribution in [1.82, 2.24) is 4.90 Å². The molecule has 1 amide bonds. The van der Waals surface area contributed by atoms with Gasteiger partial charge in [-0.25, -0.2) is 0 Å². The Morgan fingerprint density at radius 1 is 1.22 bits per heavy atom. The number of carbonyl (C=O) groups is 2. The van der Waals surface area contributed by atoms with Crippen molar-refractivity contribution in [1.29, 1.82) is 0 Å². The zero-order valence-electron chi connectivity index (χ0n) is 15.9. The van der Waals surface area contributed by atoms with E-state index in [1.165, 1.54) is 12.8 Å². The van der Waals surface area contributed by atoms with Crippen LogP contribution in [0.2, 0.25) is 0 Å². The molecule has 1 aromatic carbocycles. The number of amides is 1. The third-order valence-corrected chi connectivity index (χ3v) is 5.57. The molecular formula is C21H29NO5. The van der Waals surface area contributed by atoms with Gasteiger partial charge in [-0.1, -0.05) is 12.1 Å². The third kappa shape index (κ3) is 5.45. The highest BCUT2D eigenvalue weighted by atomic mass is 16.5. The number of hydrogen-bond donors (Lipinski definition) is 1. The van der Waals surface area contributed by atoms with Crippen molar-refractivity contribution in [3.8, 4) is 5.75 Å². The Kier molecular flexibility index (Phi) is 6.72. The van der Waals surface area contributed by atoms with Crippen LogP contribution >= 0.6 is 0 Å². The molecule has 27 heavy (non-hydrogen) atoms. The van der Waals surface area contributed by atoms with Crippen molar-refractivity contribution in [2.24, 2.45) is 0 Å². The molecule has 1 aromatic rings. The quantitative estimate of drug-likeness (QED) is 0.756. The van der Waals surface area contributed by atoms with Gasteiger partial charge < -0.3 is 19.5 Å². The van der Waals surface area contributed by atoms with E-state index in [9.17, 15) is 9.59 Å². The van der Waals surface area contributed by atoms with Crippen molar-refractivity contribution >= 4 is 11.9 Å². The SMILES string of the molecule is COC1CC(CC(=O)O)N(C(=O)CCc2cccc(OC3CCCC3)c2)C1. The predicted octanol–water partition coefficient (Wildman–Crippen LogP) is 3.03. The van der Waals surface area contributed by atoms with Gasteiger partial charge in [-0.15, -0.1) is 0 Å². The molecule has 1 aliphatic heterocycles. The second kappa shape index (κ2) is 9.22. The van der Waals surface area contributed by atoms with Crippen LogP contribution in [0.3, 0.4) is 0 Å². The molecule has 0 aromatic heterocycles. The molecule has 0 spiro atoms. The molecule has 6 heteroatoms. The van der Waals surface area contributed by atoms with Crippen molar-refractivity contribution in [2.75, 3.05) is 13.7 Å². The van der Waals surface area contributed by atoms with Gasteiger partial charge in [0.15, 0.2) is 0 Å². The van der Waals surface area contributed by atoms with Gasteiger partial charge >= 0.3 is 5.97 Å². The summed E-state index contributed by atoms with van der Waals surface area (Å²) in [6.45, 7) is 0.470. The Morgan fingerprint density at radius 2 is 2.00 bits per heavy atom. The number of nitrogens with zero attached hydrogens (tertiary/aromatic N) is 1. The van der Waals surface area contributed by atoms with E-state index >= 15 is 0 Å². The molecule has 1 aliphatic carbocycles. The Labute approximate surface area is 160 Å². The Hall–Kier alpha value is -2.08. The molecule has 2 aliphatic rings. The normalized spacial score (nSPS) is 22.9. The lowest BCUT2D eigenvalue weighted by atomic mass is 10.1. The Morgan fingerprint density at radius 3 is 2.70 bits per heavy atom. The van der Waals surface area contributed by atoms with Crippen LogP contribution in [0.15, 0.2) is 24.3 Å². The first-order valence-corrected chi connectivity index (χ1v) is 9.85. The van der Waals surface area contributed by atoms with Gasteiger partial charge in [-0.2, -0.15) is 0 Å². The second-order valence-electron chi connectivity index (χ2n) is 7.56. The van der Waals surface area contributed by atoms with Gasteiger partial charge in [-0.3, -0.25) is 9.59 Å². The minimum Gasteiger partial charge on any atom is -0.490 e. The van der Waals surface area contributed by atoms with Crippen molar-refractivity contribution in [2.45, 2.75) is 69.6 Å². The zero-order valence-corrected chi connectivity index (χ0v) is 15.9. The van der Waals surface area contributed by atoms with Crippen LogP contribution < -0.4 is 4.74 Å². The van der Waals surface area contributed by atoms with E-state index in [1.54, 1.807) is 12.0 Å². The number of rotatable bonds is 8. The van der Waals surface area contributed by atoms with Gasteiger partial charge in [0, 0.05) is 26.1 Å². The molecule has 1 saturated carbocycles. The van der Waals surface area contributed by atoms with E-state index < -0.39 is 5.97 Å². The summed E-state index contributed by atoms with van der Waals surface area (Å²) in [6, 6.07) is 7.68. The minimum atomic E-state index is -0.883. The standard InChI is InChI=1S/C21H29NO5/c1-26-19-12-16(13-21(24)25)22(14-19)20(23)10-9-15-5-4-8-18(11-15)27-17-6-2-3-7-17/h4-5,8,11,16-17,19H,2-3,6-7,9-10,12-14H2,1H3,(H,24,25). The number of methoxy groups -OCH3 is 1. The molecule has 2 unspecified atom stereocenters. The molecule has 2 atom stereocenters. The summed E-state index contributed by atoms with van der Waals surface area (Å²) in [5.41, 5.74) is 1.07. The smallest absolute Gasteiger partial charge is 0.305 e. The lowest BCUT2D eigenvalue weighted by Crippen LogP contribution is -2.37. The Balaban J connectivity index is 1.55. The predicted molar refractivity (Wildman–Crippen MR) is 101 cm³/mol. The molecule has 148 valence electrons. The fourth-order valence-electron chi connectivity index (χ4n) is 4.11. The number of benzene rings is 1. The summed E-state index contributed by atoms with van der Waals surface area (Å²) in [7, 11) is 1.60. The van der Waals surface area contributed by atoms with Crippen LogP contribution in [-0.4, -0.2) is 53.8 Å². The van der Waals surface area contributed by atoms with Gasteiger partial charge in [0.2, 0.25) is 5.91 Å². The van der Waals surface area contributed by atoms with E-state index in [0.29, 0.717) is 31.9 Å². The monoisotopic (exact) mass is 375 g/mol. The molecular weight excluding hydrogens is 346 g/mol. The van der Waals surface area contributed by atoms with E-state index in [0.717, 1.165) is 24.2 Å². The van der Waals surface area contributed by atoms with E-state index in [4.69, 9.17) is 14.6 Å². The summed E-state index contributed by atoms with van der Waals surface area (Å²) >= 11 is 0. The molecule has 0 bridgehead atoms. The number of hydrogen-bond acceptors (Lipinski definition) is 4. The van der Waals surface area contributed by atoms with Crippen LogP contribution in [0, 0.1) is 0 Å². The fourth-order valence-corrected chi connectivity index (χ4v) is 4.11. The fraction of sp³-hybridized carbons (Fsp3) is 0.619. The maximum absolute atomic E-state index is 12.7. The van der Waals surface area contributed by atoms with Crippen LogP contribution in [0.4, 0.5) is 0 Å². The highest BCUT2D eigenvalue weighted by molar-refractivity contribution is 5.78. The summed E-state index contributed by atoms with van der Waals surface area (Å²) in [5.74, 6) is -0.0227. The van der Waals surface area contributed by atoms with Gasteiger partial charge in [-0.05, 0) is 56.2 Å². The van der Waals surface area contributed by atoms with Crippen molar-refractivity contribution < 1.29 is 24.2 Å². The number of aryl methyl sites for hydroxylation is 1. The molecule has 0 radical (unpaired) electrons. The lowest BCUT2D eigenvalue weighted by molar-refractivity contribution is -0.139. The van der Waals surface area contributed by atoms with Crippen LogP contribution in [0.5, 0.6) is 5.75 Å². The van der Waals surface area contributed by atoms with Crippen molar-refractivity contribution in [3.63, 3.8) is 0 Å². The topological polar surface area (TPSA) is 76.1 Å². The van der Waals surface area contributed by atoms with E-state index in [2.05, 4.69) is 0 Å². The molecule has 6 nitrogen and oxygen atoms in total. The molecule has 1 N–H and O–H groups in total. The summed E-state index contributed by atoms with van der Waals surface area (Å²) < 4.78 is 11.4. The maximum Gasteiger partial charge on any atom is 0.305 e. The van der Waals surface area contributed by atoms with Gasteiger partial charge in [0.05, 0.1) is 18.6 Å². The highest BCUT2D eigenvalue weighted by Crippen LogP contribution is 2.26. The lowest BCUT2D eigenvalue weighted by Gasteiger charge is -2.23. The largest absolute Gasteiger partial charge is 0.490 e. The number of likely N-dealkylation sites (tertiary alicyclic amines) is 1. The third-order valence-electron chi connectivity index (χ3n) is 5.57. The number of carboxylic acids is 1. The summed E-state index contributed by atoms with van der Waals surface area (Å²) in [4.78, 5) is 25.4. The first kappa shape index (κ1) is 19.7. The van der Waals surface area contributed by atoms with Crippen LogP contribution in [-0.2, 0) is 20.7 Å². The first-order chi connectivity index (χ1) is 13.0. The van der Waals surface area contributed by atoms with E-state index in [1.807, 2.05) is 24.3 Å². The number of aliphatic carboxylic acids is 1. The van der Waals surface area contributed by atoms with Crippen LogP contribution in [0.1, 0.15) is 50.5 Å². The van der Waals surface area contributed by atoms with Gasteiger partial charge in [0.1, 0.15) is 5.75 Å². The molecule has 3 rings (SSSR count). The number of ether oxygens (including phenoxy) is 2. The number of carbonyl (C=O) groups excluding carboxylic acids is 1. The first-order valence-electron chi connectivity index (χ1n) is 9.85. The number of carboxylic acid groups (broad SMARTS) is 1. The van der Waals surface area contributed by atoms with Crippen molar-refractivity contribution in [3.05, 3.63) is 29.8 Å². The summed E-state index contributed by atoms with van der Waals surface area (Å²) in [5, 5.41) is 9.10. The maximum atomic E-state index is 12.7. The Bertz CT molecular complexity index is 656. The van der Waals surface area contributed by atoms with Gasteiger partial charge in [0.25, 0.3) is 0 Å². The zero-order chi connectivity index (χ0) is 19.2. The average Bonchev–Trinajstić information content (AvgIpc) is 3.29. The summed E-state index contributed by atoms with van der Waals surface area (Å²) in [6.07, 6.45) is 6.45. The average molecular weight is 375 g/mol. The second-order valence-corrected chi connectivity index (χ2v) is 7.56. The minimum absolute atomic E-state index is 0.0112. The molecule has 1 saturated heterocycles.